The summed E-state index contributed by atoms with van der Waals surface area (Å²) in [6.07, 6.45) is 7.37. The molecule has 1 amide bonds. The average molecular weight is 227 g/mol. The van der Waals surface area contributed by atoms with Gasteiger partial charge >= 0.3 is 0 Å². The number of carbonyl (C=O) groups excluding carboxylic acids is 1. The standard InChI is InChI=1S/C13H25NO2/c1-11(12-6-4-3-5-7-12)10-13(15)14-8-9-16-2/h11-12H,3-10H2,1-2H3,(H,14,15)/t11-/m1/s1. The van der Waals surface area contributed by atoms with E-state index in [-0.39, 0.29) is 5.91 Å². The Labute approximate surface area is 98.9 Å². The number of hydrogen-bond donors (Lipinski definition) is 1. The van der Waals surface area contributed by atoms with Crippen LogP contribution in [-0.2, 0) is 9.53 Å². The monoisotopic (exact) mass is 227 g/mol. The maximum absolute atomic E-state index is 11.6. The van der Waals surface area contributed by atoms with E-state index in [0.29, 0.717) is 25.5 Å². The van der Waals surface area contributed by atoms with E-state index in [1.807, 2.05) is 0 Å². The Bertz CT molecular complexity index is 200. The van der Waals surface area contributed by atoms with Crippen LogP contribution in [0.1, 0.15) is 45.4 Å². The van der Waals surface area contributed by atoms with E-state index >= 15 is 0 Å². The molecule has 0 spiro atoms. The van der Waals surface area contributed by atoms with Crippen LogP contribution in [0.2, 0.25) is 0 Å². The highest BCUT2D eigenvalue weighted by atomic mass is 16.5. The molecule has 0 unspecified atom stereocenters. The Morgan fingerprint density at radius 2 is 2.06 bits per heavy atom. The van der Waals surface area contributed by atoms with Crippen molar-refractivity contribution in [1.29, 1.82) is 0 Å². The fourth-order valence-corrected chi connectivity index (χ4v) is 2.53. The molecule has 0 aliphatic heterocycles. The quantitative estimate of drug-likeness (QED) is 0.707. The summed E-state index contributed by atoms with van der Waals surface area (Å²) in [4.78, 5) is 11.6. The summed E-state index contributed by atoms with van der Waals surface area (Å²) >= 11 is 0. The number of carbonyl (C=O) groups is 1. The van der Waals surface area contributed by atoms with Gasteiger partial charge in [0.1, 0.15) is 0 Å². The van der Waals surface area contributed by atoms with E-state index < -0.39 is 0 Å². The second-order valence-corrected chi connectivity index (χ2v) is 4.92. The number of hydrogen-bond acceptors (Lipinski definition) is 2. The van der Waals surface area contributed by atoms with Gasteiger partial charge in [-0.05, 0) is 11.8 Å². The van der Waals surface area contributed by atoms with Crippen LogP contribution in [0.4, 0.5) is 0 Å². The molecule has 1 atom stereocenters. The molecule has 0 aromatic carbocycles. The van der Waals surface area contributed by atoms with E-state index in [1.165, 1.54) is 32.1 Å². The zero-order chi connectivity index (χ0) is 11.8. The van der Waals surface area contributed by atoms with Crippen LogP contribution in [0.5, 0.6) is 0 Å². The topological polar surface area (TPSA) is 38.3 Å². The summed E-state index contributed by atoms with van der Waals surface area (Å²) in [6.45, 7) is 3.45. The maximum Gasteiger partial charge on any atom is 0.220 e. The van der Waals surface area contributed by atoms with Crippen molar-refractivity contribution in [2.24, 2.45) is 11.8 Å². The Hall–Kier alpha value is -0.570. The molecule has 0 radical (unpaired) electrons. The number of amides is 1. The van der Waals surface area contributed by atoms with Crippen molar-refractivity contribution in [3.8, 4) is 0 Å². The smallest absolute Gasteiger partial charge is 0.220 e. The third-order valence-electron chi connectivity index (χ3n) is 3.59. The lowest BCUT2D eigenvalue weighted by Crippen LogP contribution is -2.30. The summed E-state index contributed by atoms with van der Waals surface area (Å²) in [5.41, 5.74) is 0. The van der Waals surface area contributed by atoms with Gasteiger partial charge in [-0.3, -0.25) is 4.79 Å². The molecule has 1 aliphatic rings. The normalized spacial score (nSPS) is 19.4. The van der Waals surface area contributed by atoms with Crippen molar-refractivity contribution in [2.45, 2.75) is 45.4 Å². The van der Waals surface area contributed by atoms with Crippen molar-refractivity contribution in [1.82, 2.24) is 5.32 Å². The molecular weight excluding hydrogens is 202 g/mol. The summed E-state index contributed by atoms with van der Waals surface area (Å²) in [7, 11) is 1.65. The van der Waals surface area contributed by atoms with Gasteiger partial charge in [0.05, 0.1) is 6.61 Å². The van der Waals surface area contributed by atoms with Crippen molar-refractivity contribution >= 4 is 5.91 Å². The molecule has 1 fully saturated rings. The lowest BCUT2D eigenvalue weighted by atomic mass is 9.79. The van der Waals surface area contributed by atoms with Crippen molar-refractivity contribution < 1.29 is 9.53 Å². The number of nitrogens with one attached hydrogen (secondary N) is 1. The summed E-state index contributed by atoms with van der Waals surface area (Å²) < 4.78 is 4.90. The van der Waals surface area contributed by atoms with Crippen molar-refractivity contribution in [3.05, 3.63) is 0 Å². The predicted molar refractivity (Wildman–Crippen MR) is 65.2 cm³/mol. The molecule has 1 aliphatic carbocycles. The Morgan fingerprint density at radius 3 is 2.69 bits per heavy atom. The third kappa shape index (κ3) is 4.97. The molecule has 0 heterocycles. The van der Waals surface area contributed by atoms with Crippen LogP contribution in [-0.4, -0.2) is 26.2 Å². The molecule has 0 aromatic rings. The highest BCUT2D eigenvalue weighted by Gasteiger charge is 2.21. The fourth-order valence-electron chi connectivity index (χ4n) is 2.53. The molecule has 3 heteroatoms. The van der Waals surface area contributed by atoms with Gasteiger partial charge in [0.15, 0.2) is 0 Å². The highest BCUT2D eigenvalue weighted by Crippen LogP contribution is 2.31. The number of methoxy groups -OCH3 is 1. The molecule has 0 bridgehead atoms. The van der Waals surface area contributed by atoms with Gasteiger partial charge in [0.2, 0.25) is 5.91 Å². The second-order valence-electron chi connectivity index (χ2n) is 4.92. The van der Waals surface area contributed by atoms with E-state index in [2.05, 4.69) is 12.2 Å². The van der Waals surface area contributed by atoms with Crippen LogP contribution in [0.25, 0.3) is 0 Å². The maximum atomic E-state index is 11.6. The first-order chi connectivity index (χ1) is 7.74. The van der Waals surface area contributed by atoms with Crippen molar-refractivity contribution in [3.63, 3.8) is 0 Å². The first kappa shape index (κ1) is 13.5. The molecule has 1 rings (SSSR count). The zero-order valence-electron chi connectivity index (χ0n) is 10.6. The average Bonchev–Trinajstić information content (AvgIpc) is 2.30. The highest BCUT2D eigenvalue weighted by molar-refractivity contribution is 5.76. The van der Waals surface area contributed by atoms with E-state index in [4.69, 9.17) is 4.74 Å². The molecule has 0 saturated heterocycles. The fraction of sp³-hybridized carbons (Fsp3) is 0.923. The van der Waals surface area contributed by atoms with Crippen molar-refractivity contribution in [2.75, 3.05) is 20.3 Å². The first-order valence-electron chi connectivity index (χ1n) is 6.49. The van der Waals surface area contributed by atoms with Crippen LogP contribution in [0.3, 0.4) is 0 Å². The largest absolute Gasteiger partial charge is 0.383 e. The second kappa shape index (κ2) is 7.66. The van der Waals surface area contributed by atoms with Crippen LogP contribution in [0, 0.1) is 11.8 Å². The summed E-state index contributed by atoms with van der Waals surface area (Å²) in [5, 5.41) is 2.89. The first-order valence-corrected chi connectivity index (χ1v) is 6.49. The Morgan fingerprint density at radius 1 is 1.38 bits per heavy atom. The summed E-state index contributed by atoms with van der Waals surface area (Å²) in [6, 6.07) is 0. The van der Waals surface area contributed by atoms with E-state index in [0.717, 1.165) is 5.92 Å². The number of ether oxygens (including phenoxy) is 1. The molecule has 1 N–H and O–H groups in total. The SMILES string of the molecule is COCCNC(=O)C[C@@H](C)C1CCCCC1. The predicted octanol–water partition coefficient (Wildman–Crippen LogP) is 2.36. The van der Waals surface area contributed by atoms with Gasteiger partial charge in [-0.15, -0.1) is 0 Å². The van der Waals surface area contributed by atoms with Gasteiger partial charge in [-0.2, -0.15) is 0 Å². The van der Waals surface area contributed by atoms with Gasteiger partial charge in [0.25, 0.3) is 0 Å². The van der Waals surface area contributed by atoms with E-state index in [9.17, 15) is 4.79 Å². The molecule has 3 nitrogen and oxygen atoms in total. The minimum atomic E-state index is 0.176. The minimum absolute atomic E-state index is 0.176. The van der Waals surface area contributed by atoms with Gasteiger partial charge in [-0.1, -0.05) is 39.0 Å². The molecule has 94 valence electrons. The molecule has 1 saturated carbocycles. The van der Waals surface area contributed by atoms with Crippen LogP contribution >= 0.6 is 0 Å². The zero-order valence-corrected chi connectivity index (χ0v) is 10.6. The molecule has 16 heavy (non-hydrogen) atoms. The molecule has 0 aromatic heterocycles. The van der Waals surface area contributed by atoms with Crippen LogP contribution in [0.15, 0.2) is 0 Å². The van der Waals surface area contributed by atoms with Crippen LogP contribution < -0.4 is 5.32 Å². The molecular formula is C13H25NO2. The Balaban J connectivity index is 2.16. The Kier molecular flexibility index (Phi) is 6.46. The third-order valence-corrected chi connectivity index (χ3v) is 3.59. The van der Waals surface area contributed by atoms with Gasteiger partial charge in [0, 0.05) is 20.1 Å². The van der Waals surface area contributed by atoms with Gasteiger partial charge < -0.3 is 10.1 Å². The minimum Gasteiger partial charge on any atom is -0.383 e. The lowest BCUT2D eigenvalue weighted by molar-refractivity contribution is -0.122. The number of rotatable bonds is 6. The van der Waals surface area contributed by atoms with Gasteiger partial charge in [-0.25, -0.2) is 0 Å². The van der Waals surface area contributed by atoms with E-state index in [1.54, 1.807) is 7.11 Å². The lowest BCUT2D eigenvalue weighted by Gasteiger charge is -2.27. The summed E-state index contributed by atoms with van der Waals surface area (Å²) in [5.74, 6) is 1.47.